The van der Waals surface area contributed by atoms with Gasteiger partial charge in [-0.15, -0.1) is 24.0 Å². The van der Waals surface area contributed by atoms with Gasteiger partial charge in [0, 0.05) is 38.5 Å². The molecule has 1 saturated heterocycles. The minimum Gasteiger partial charge on any atom is -0.357 e. The molecule has 0 radical (unpaired) electrons. The minimum atomic E-state index is 0. The maximum Gasteiger partial charge on any atom is 0.244 e. The number of halogens is 1. The van der Waals surface area contributed by atoms with Crippen LogP contribution >= 0.6 is 24.0 Å². The number of nitrogens with zero attached hydrogens (tertiary/aromatic N) is 4. The quantitative estimate of drug-likeness (QED) is 0.361. The molecule has 1 aliphatic rings. The lowest BCUT2D eigenvalue weighted by molar-refractivity contribution is -0.128. The van der Waals surface area contributed by atoms with Crippen LogP contribution in [0.4, 0.5) is 0 Å². The van der Waals surface area contributed by atoms with Crippen molar-refractivity contribution in [1.82, 2.24) is 25.7 Å². The first kappa shape index (κ1) is 21.7. The summed E-state index contributed by atoms with van der Waals surface area (Å²) in [5.74, 6) is 2.31. The number of carbonyl (C=O) groups is 1. The standard InChI is InChI=1S/C16H28N6O2.HI/c1-4-17-16(19-11-14(23)22-9-5-6-10-22)18-8-7-13-20-15(12(2)3)21-24-13;/h12H,4-11H2,1-3H3,(H2,17,18,19);1H. The predicted octanol–water partition coefficient (Wildman–Crippen LogP) is 1.53. The summed E-state index contributed by atoms with van der Waals surface area (Å²) in [6.07, 6.45) is 2.80. The molecule has 2 heterocycles. The third kappa shape index (κ3) is 7.17. The average Bonchev–Trinajstić information content (AvgIpc) is 3.23. The Kier molecular flexibility index (Phi) is 9.76. The van der Waals surface area contributed by atoms with Crippen LogP contribution in [0.25, 0.3) is 0 Å². The van der Waals surface area contributed by atoms with Crippen LogP contribution in [0.2, 0.25) is 0 Å². The lowest BCUT2D eigenvalue weighted by atomic mass is 10.2. The van der Waals surface area contributed by atoms with Gasteiger partial charge in [-0.1, -0.05) is 19.0 Å². The van der Waals surface area contributed by atoms with Crippen molar-refractivity contribution >= 4 is 35.8 Å². The number of likely N-dealkylation sites (tertiary alicyclic amines) is 1. The molecule has 2 rings (SSSR count). The Morgan fingerprint density at radius 1 is 1.32 bits per heavy atom. The first-order chi connectivity index (χ1) is 11.6. The van der Waals surface area contributed by atoms with Crippen LogP contribution in [0.5, 0.6) is 0 Å². The normalized spacial score (nSPS) is 14.6. The average molecular weight is 464 g/mol. The summed E-state index contributed by atoms with van der Waals surface area (Å²) in [6.45, 7) is 9.28. The third-order valence-electron chi connectivity index (χ3n) is 3.81. The fraction of sp³-hybridized carbons (Fsp3) is 0.750. The lowest BCUT2D eigenvalue weighted by Crippen LogP contribution is -2.39. The van der Waals surface area contributed by atoms with Crippen LogP contribution < -0.4 is 10.6 Å². The van der Waals surface area contributed by atoms with Crippen molar-refractivity contribution in [3.05, 3.63) is 11.7 Å². The molecule has 1 fully saturated rings. The lowest BCUT2D eigenvalue weighted by Gasteiger charge is -2.15. The number of aliphatic imine (C=N–C) groups is 1. The van der Waals surface area contributed by atoms with E-state index in [0.717, 1.165) is 38.3 Å². The van der Waals surface area contributed by atoms with Crippen LogP contribution in [0.1, 0.15) is 51.2 Å². The molecular weight excluding hydrogens is 435 g/mol. The van der Waals surface area contributed by atoms with Crippen molar-refractivity contribution in [1.29, 1.82) is 0 Å². The summed E-state index contributed by atoms with van der Waals surface area (Å²) < 4.78 is 5.21. The van der Waals surface area contributed by atoms with Crippen LogP contribution in [0.3, 0.4) is 0 Å². The number of carbonyl (C=O) groups excluding carboxylic acids is 1. The molecule has 25 heavy (non-hydrogen) atoms. The van der Waals surface area contributed by atoms with E-state index in [4.69, 9.17) is 4.52 Å². The molecule has 1 aliphatic heterocycles. The minimum absolute atomic E-state index is 0. The summed E-state index contributed by atoms with van der Waals surface area (Å²) in [5.41, 5.74) is 0. The van der Waals surface area contributed by atoms with Crippen LogP contribution in [0, 0.1) is 0 Å². The molecule has 1 aromatic heterocycles. The Morgan fingerprint density at radius 3 is 2.64 bits per heavy atom. The van der Waals surface area contributed by atoms with Gasteiger partial charge in [-0.05, 0) is 19.8 Å². The number of rotatable bonds is 7. The van der Waals surface area contributed by atoms with Gasteiger partial charge in [-0.25, -0.2) is 4.99 Å². The van der Waals surface area contributed by atoms with E-state index < -0.39 is 0 Å². The van der Waals surface area contributed by atoms with Gasteiger partial charge in [0.05, 0.1) is 0 Å². The second kappa shape index (κ2) is 11.3. The molecule has 0 aliphatic carbocycles. The van der Waals surface area contributed by atoms with Gasteiger partial charge in [0.2, 0.25) is 11.8 Å². The maximum atomic E-state index is 12.0. The molecule has 9 heteroatoms. The topological polar surface area (TPSA) is 95.7 Å². The maximum absolute atomic E-state index is 12.0. The van der Waals surface area contributed by atoms with Crippen molar-refractivity contribution in [3.63, 3.8) is 0 Å². The summed E-state index contributed by atoms with van der Waals surface area (Å²) in [7, 11) is 0. The fourth-order valence-electron chi connectivity index (χ4n) is 2.45. The van der Waals surface area contributed by atoms with Gasteiger partial charge in [0.1, 0.15) is 6.54 Å². The van der Waals surface area contributed by atoms with Crippen LogP contribution in [-0.4, -0.2) is 59.6 Å². The summed E-state index contributed by atoms with van der Waals surface area (Å²) in [6, 6.07) is 0. The zero-order valence-electron chi connectivity index (χ0n) is 15.2. The van der Waals surface area contributed by atoms with E-state index in [1.165, 1.54) is 0 Å². The molecule has 1 aromatic rings. The zero-order chi connectivity index (χ0) is 17.4. The second-order valence-corrected chi connectivity index (χ2v) is 6.16. The van der Waals surface area contributed by atoms with Crippen molar-refractivity contribution in [2.45, 2.75) is 46.0 Å². The van der Waals surface area contributed by atoms with Gasteiger partial charge in [-0.3, -0.25) is 4.79 Å². The summed E-state index contributed by atoms with van der Waals surface area (Å²) in [4.78, 5) is 22.6. The number of hydrogen-bond acceptors (Lipinski definition) is 5. The molecule has 8 nitrogen and oxygen atoms in total. The first-order valence-electron chi connectivity index (χ1n) is 8.72. The second-order valence-electron chi connectivity index (χ2n) is 6.16. The Bertz CT molecular complexity index is 555. The molecule has 0 spiro atoms. The molecular formula is C16H29IN6O2. The number of guanidine groups is 1. The van der Waals surface area contributed by atoms with Gasteiger partial charge in [-0.2, -0.15) is 4.98 Å². The van der Waals surface area contributed by atoms with E-state index in [1.807, 2.05) is 25.7 Å². The number of nitrogens with one attached hydrogen (secondary N) is 2. The highest BCUT2D eigenvalue weighted by molar-refractivity contribution is 14.0. The van der Waals surface area contributed by atoms with E-state index in [2.05, 4.69) is 25.8 Å². The number of amides is 1. The third-order valence-corrected chi connectivity index (χ3v) is 3.81. The first-order valence-corrected chi connectivity index (χ1v) is 8.72. The molecule has 142 valence electrons. The molecule has 1 amide bonds. The highest BCUT2D eigenvalue weighted by Gasteiger charge is 2.17. The Labute approximate surface area is 166 Å². The Hall–Kier alpha value is -1.39. The highest BCUT2D eigenvalue weighted by Crippen LogP contribution is 2.09. The van der Waals surface area contributed by atoms with Gasteiger partial charge >= 0.3 is 0 Å². The molecule has 0 unspecified atom stereocenters. The van der Waals surface area contributed by atoms with E-state index in [-0.39, 0.29) is 42.3 Å². The summed E-state index contributed by atoms with van der Waals surface area (Å²) in [5, 5.41) is 10.3. The van der Waals surface area contributed by atoms with E-state index in [1.54, 1.807) is 0 Å². The summed E-state index contributed by atoms with van der Waals surface area (Å²) >= 11 is 0. The molecule has 0 saturated carbocycles. The van der Waals surface area contributed by atoms with Crippen molar-refractivity contribution in [2.24, 2.45) is 4.99 Å². The molecule has 0 atom stereocenters. The van der Waals surface area contributed by atoms with Gasteiger partial charge in [0.25, 0.3) is 0 Å². The largest absolute Gasteiger partial charge is 0.357 e. The van der Waals surface area contributed by atoms with E-state index >= 15 is 0 Å². The zero-order valence-corrected chi connectivity index (χ0v) is 17.6. The highest BCUT2D eigenvalue weighted by atomic mass is 127. The molecule has 0 bridgehead atoms. The SMILES string of the molecule is CCNC(=NCC(=O)N1CCCC1)NCCc1nc(C(C)C)no1.I. The van der Waals surface area contributed by atoms with E-state index in [9.17, 15) is 4.79 Å². The van der Waals surface area contributed by atoms with Crippen molar-refractivity contribution < 1.29 is 9.32 Å². The Morgan fingerprint density at radius 2 is 2.04 bits per heavy atom. The van der Waals surface area contributed by atoms with Crippen LogP contribution in [-0.2, 0) is 11.2 Å². The van der Waals surface area contributed by atoms with Crippen LogP contribution in [0.15, 0.2) is 9.52 Å². The predicted molar refractivity (Wildman–Crippen MR) is 107 cm³/mol. The van der Waals surface area contributed by atoms with Gasteiger partial charge < -0.3 is 20.1 Å². The molecule has 0 aromatic carbocycles. The monoisotopic (exact) mass is 464 g/mol. The fourth-order valence-corrected chi connectivity index (χ4v) is 2.45. The molecule has 2 N–H and O–H groups in total. The van der Waals surface area contributed by atoms with Crippen molar-refractivity contribution in [3.8, 4) is 0 Å². The smallest absolute Gasteiger partial charge is 0.244 e. The number of aromatic nitrogens is 2. The Balaban J connectivity index is 0.00000312. The van der Waals surface area contributed by atoms with E-state index in [0.29, 0.717) is 24.8 Å². The van der Waals surface area contributed by atoms with Gasteiger partial charge in [0.15, 0.2) is 11.8 Å². The van der Waals surface area contributed by atoms with Crippen molar-refractivity contribution in [2.75, 3.05) is 32.7 Å². The number of hydrogen-bond donors (Lipinski definition) is 2.